The molecule has 1 aromatic carbocycles. The number of hydrogen-bond acceptors (Lipinski definition) is 3. The Bertz CT molecular complexity index is 472. The Morgan fingerprint density at radius 1 is 1.15 bits per heavy atom. The van der Waals surface area contributed by atoms with Crippen molar-refractivity contribution in [1.82, 2.24) is 0 Å². The summed E-state index contributed by atoms with van der Waals surface area (Å²) >= 11 is 3.55. The molecule has 0 saturated carbocycles. The van der Waals surface area contributed by atoms with Gasteiger partial charge in [-0.15, -0.1) is 0 Å². The third kappa shape index (κ3) is 2.90. The average molecular weight is 341 g/mol. The van der Waals surface area contributed by atoms with Gasteiger partial charge in [-0.05, 0) is 56.1 Å². The second kappa shape index (κ2) is 5.70. The summed E-state index contributed by atoms with van der Waals surface area (Å²) in [6.07, 6.45) is 0.962. The van der Waals surface area contributed by atoms with E-state index in [-0.39, 0.29) is 11.2 Å². The summed E-state index contributed by atoms with van der Waals surface area (Å²) in [5.41, 5.74) is 0.246. The van der Waals surface area contributed by atoms with Gasteiger partial charge >= 0.3 is 7.12 Å². The van der Waals surface area contributed by atoms with Gasteiger partial charge in [0, 0.05) is 5.46 Å². The predicted octanol–water partition coefficient (Wildman–Crippen LogP) is 3.54. The maximum absolute atomic E-state index is 6.10. The second-order valence-corrected chi connectivity index (χ2v) is 6.95. The molecular weight excluding hydrogens is 319 g/mol. The predicted molar refractivity (Wildman–Crippen MR) is 85.6 cm³/mol. The van der Waals surface area contributed by atoms with Crippen molar-refractivity contribution in [3.05, 3.63) is 22.7 Å². The van der Waals surface area contributed by atoms with Crippen LogP contribution in [0, 0.1) is 0 Å². The molecule has 0 atom stereocenters. The van der Waals surface area contributed by atoms with Gasteiger partial charge in [-0.25, -0.2) is 0 Å². The van der Waals surface area contributed by atoms with Gasteiger partial charge in [0.05, 0.1) is 22.3 Å². The zero-order valence-corrected chi connectivity index (χ0v) is 14.4. The van der Waals surface area contributed by atoms with Crippen LogP contribution in [0.2, 0.25) is 0 Å². The van der Waals surface area contributed by atoms with Crippen molar-refractivity contribution in [2.75, 3.05) is 6.61 Å². The van der Waals surface area contributed by atoms with Crippen molar-refractivity contribution in [3.63, 3.8) is 0 Å². The molecule has 110 valence electrons. The average Bonchev–Trinajstić information content (AvgIpc) is 2.56. The minimum Gasteiger partial charge on any atom is -0.493 e. The molecule has 20 heavy (non-hydrogen) atoms. The van der Waals surface area contributed by atoms with E-state index in [1.54, 1.807) is 0 Å². The van der Waals surface area contributed by atoms with Gasteiger partial charge < -0.3 is 14.0 Å². The Morgan fingerprint density at radius 2 is 1.75 bits per heavy atom. The van der Waals surface area contributed by atoms with E-state index in [9.17, 15) is 0 Å². The lowest BCUT2D eigenvalue weighted by molar-refractivity contribution is 0.00578. The molecule has 1 aliphatic rings. The molecule has 3 nitrogen and oxygen atoms in total. The monoisotopic (exact) mass is 340 g/mol. The van der Waals surface area contributed by atoms with Crippen LogP contribution < -0.4 is 10.2 Å². The zero-order valence-electron chi connectivity index (χ0n) is 12.8. The second-order valence-electron chi connectivity index (χ2n) is 6.09. The van der Waals surface area contributed by atoms with Crippen LogP contribution in [-0.4, -0.2) is 24.9 Å². The number of benzene rings is 1. The number of halogens is 1. The number of para-hydroxylation sites is 1. The van der Waals surface area contributed by atoms with Crippen LogP contribution in [-0.2, 0) is 9.31 Å². The maximum atomic E-state index is 6.10. The van der Waals surface area contributed by atoms with E-state index in [2.05, 4.69) is 50.5 Å². The molecule has 1 saturated heterocycles. The molecule has 0 aromatic heterocycles. The van der Waals surface area contributed by atoms with E-state index in [0.29, 0.717) is 6.61 Å². The normalized spacial score (nSPS) is 20.2. The van der Waals surface area contributed by atoms with Crippen molar-refractivity contribution in [3.8, 4) is 5.75 Å². The molecule has 0 spiro atoms. The fourth-order valence-corrected chi connectivity index (χ4v) is 2.53. The van der Waals surface area contributed by atoms with Crippen molar-refractivity contribution >= 4 is 28.5 Å². The first-order valence-corrected chi connectivity index (χ1v) is 7.84. The summed E-state index contributed by atoms with van der Waals surface area (Å²) in [7, 11) is -0.399. The molecule has 5 heteroatoms. The minimum atomic E-state index is -0.399. The molecule has 1 heterocycles. The van der Waals surface area contributed by atoms with Gasteiger partial charge in [0.1, 0.15) is 5.75 Å². The topological polar surface area (TPSA) is 27.7 Å². The van der Waals surface area contributed by atoms with Gasteiger partial charge in [-0.3, -0.25) is 0 Å². The molecule has 0 amide bonds. The lowest BCUT2D eigenvalue weighted by Crippen LogP contribution is -2.41. The first-order chi connectivity index (χ1) is 9.28. The SMILES string of the molecule is CCCOc1c(Br)cccc1B1OC(C)(C)C(C)(C)O1. The fraction of sp³-hybridized carbons (Fsp3) is 0.600. The molecular formula is C15H22BBrO3. The van der Waals surface area contributed by atoms with Crippen molar-refractivity contribution in [1.29, 1.82) is 0 Å². The molecule has 0 radical (unpaired) electrons. The van der Waals surface area contributed by atoms with Crippen molar-refractivity contribution in [2.24, 2.45) is 0 Å². The van der Waals surface area contributed by atoms with Crippen molar-refractivity contribution in [2.45, 2.75) is 52.2 Å². The highest BCUT2D eigenvalue weighted by Gasteiger charge is 2.52. The first-order valence-electron chi connectivity index (χ1n) is 7.05. The standard InChI is InChI=1S/C15H22BBrO3/c1-6-10-18-13-11(8-7-9-12(13)17)16-19-14(2,3)15(4,5)20-16/h7-9H,6,10H2,1-5H3. The number of rotatable bonds is 4. The quantitative estimate of drug-likeness (QED) is 0.785. The fourth-order valence-electron chi connectivity index (χ4n) is 2.04. The first kappa shape index (κ1) is 15.9. The highest BCUT2D eigenvalue weighted by Crippen LogP contribution is 2.37. The molecule has 2 rings (SSSR count). The van der Waals surface area contributed by atoms with Crippen LogP contribution >= 0.6 is 15.9 Å². The van der Waals surface area contributed by atoms with Crippen LogP contribution in [0.5, 0.6) is 5.75 Å². The largest absolute Gasteiger partial charge is 0.498 e. The summed E-state index contributed by atoms with van der Waals surface area (Å²) in [5.74, 6) is 0.813. The highest BCUT2D eigenvalue weighted by molar-refractivity contribution is 9.10. The van der Waals surface area contributed by atoms with Gasteiger partial charge in [0.25, 0.3) is 0 Å². The van der Waals surface area contributed by atoms with Crippen molar-refractivity contribution < 1.29 is 14.0 Å². The van der Waals surface area contributed by atoms with E-state index in [1.807, 2.05) is 18.2 Å². The molecule has 1 aromatic rings. The van der Waals surface area contributed by atoms with Crippen LogP contribution in [0.4, 0.5) is 0 Å². The van der Waals surface area contributed by atoms with Crippen LogP contribution in [0.15, 0.2) is 22.7 Å². The Labute approximate surface area is 130 Å². The Hall–Kier alpha value is -0.515. The summed E-state index contributed by atoms with van der Waals surface area (Å²) in [4.78, 5) is 0. The molecule has 0 bridgehead atoms. The van der Waals surface area contributed by atoms with Crippen LogP contribution in [0.25, 0.3) is 0 Å². The van der Waals surface area contributed by atoms with E-state index in [0.717, 1.165) is 22.1 Å². The summed E-state index contributed by atoms with van der Waals surface area (Å²) in [6.45, 7) is 11.0. The third-order valence-electron chi connectivity index (χ3n) is 3.96. The van der Waals surface area contributed by atoms with E-state index in [1.165, 1.54) is 0 Å². The summed E-state index contributed by atoms with van der Waals surface area (Å²) < 4.78 is 19.0. The van der Waals surface area contributed by atoms with Crippen LogP contribution in [0.3, 0.4) is 0 Å². The molecule has 0 aliphatic carbocycles. The van der Waals surface area contributed by atoms with Gasteiger partial charge in [-0.1, -0.05) is 19.1 Å². The van der Waals surface area contributed by atoms with Gasteiger partial charge in [0.15, 0.2) is 0 Å². The molecule has 0 unspecified atom stereocenters. The smallest absolute Gasteiger partial charge is 0.493 e. The molecule has 1 aliphatic heterocycles. The maximum Gasteiger partial charge on any atom is 0.498 e. The molecule has 1 fully saturated rings. The molecule has 0 N–H and O–H groups in total. The Morgan fingerprint density at radius 3 is 2.30 bits per heavy atom. The minimum absolute atomic E-state index is 0.345. The lowest BCUT2D eigenvalue weighted by Gasteiger charge is -2.32. The van der Waals surface area contributed by atoms with E-state index < -0.39 is 7.12 Å². The Kier molecular flexibility index (Phi) is 4.52. The zero-order chi connectivity index (χ0) is 15.0. The number of hydrogen-bond donors (Lipinski definition) is 0. The highest BCUT2D eigenvalue weighted by atomic mass is 79.9. The summed E-state index contributed by atoms with van der Waals surface area (Å²) in [5, 5.41) is 0. The summed E-state index contributed by atoms with van der Waals surface area (Å²) in [6, 6.07) is 5.95. The van der Waals surface area contributed by atoms with E-state index >= 15 is 0 Å². The lowest BCUT2D eigenvalue weighted by atomic mass is 9.78. The van der Waals surface area contributed by atoms with Crippen LogP contribution in [0.1, 0.15) is 41.0 Å². The van der Waals surface area contributed by atoms with Gasteiger partial charge in [-0.2, -0.15) is 0 Å². The number of ether oxygens (including phenoxy) is 1. The Balaban J connectivity index is 2.32. The third-order valence-corrected chi connectivity index (χ3v) is 4.58. The van der Waals surface area contributed by atoms with Gasteiger partial charge in [0.2, 0.25) is 0 Å². The van der Waals surface area contributed by atoms with E-state index in [4.69, 9.17) is 14.0 Å².